The Hall–Kier alpha value is -2.90. The molecule has 0 aromatic carbocycles. The highest BCUT2D eigenvalue weighted by Crippen LogP contribution is 2.27. The number of pyridine rings is 1. The number of aromatic nitrogens is 1. The van der Waals surface area contributed by atoms with Crippen LogP contribution in [0.15, 0.2) is 23.6 Å². The molecule has 2 rings (SSSR count). The minimum atomic E-state index is -5.08. The number of oxime groups is 1. The maximum absolute atomic E-state index is 10.6. The Labute approximate surface area is 179 Å². The van der Waals surface area contributed by atoms with Crippen LogP contribution >= 0.6 is 0 Å². The SMILES string of the molecule is Cc1cnccc1C=NOC1CCC(C)(N)CC1.O=C(O)C(F)(F)F.O=C(O)C(F)(F)F. The highest BCUT2D eigenvalue weighted by Gasteiger charge is 2.38. The largest absolute Gasteiger partial charge is 0.490 e. The standard InChI is InChI=1S/C14H21N3O.2C2HF3O2/c1-11-9-16-8-5-12(11)10-17-18-13-3-6-14(2,15)7-4-13;2*3-2(4,5)1(6)7/h5,8-10,13H,3-4,6-7,15H2,1-2H3;2*(H,6,7). The van der Waals surface area contributed by atoms with Gasteiger partial charge in [-0.15, -0.1) is 0 Å². The van der Waals surface area contributed by atoms with Crippen LogP contribution in [0.5, 0.6) is 0 Å². The predicted molar refractivity (Wildman–Crippen MR) is 99.9 cm³/mol. The van der Waals surface area contributed by atoms with Crippen molar-refractivity contribution in [2.24, 2.45) is 10.9 Å². The maximum atomic E-state index is 10.6. The molecule has 0 bridgehead atoms. The van der Waals surface area contributed by atoms with Crippen LogP contribution in [0, 0.1) is 6.92 Å². The van der Waals surface area contributed by atoms with Gasteiger partial charge < -0.3 is 20.8 Å². The van der Waals surface area contributed by atoms with Gasteiger partial charge in [0.1, 0.15) is 6.10 Å². The van der Waals surface area contributed by atoms with Gasteiger partial charge in [-0.3, -0.25) is 4.98 Å². The second kappa shape index (κ2) is 12.2. The molecule has 14 heteroatoms. The molecule has 8 nitrogen and oxygen atoms in total. The topological polar surface area (TPSA) is 135 Å². The number of halogens is 6. The van der Waals surface area contributed by atoms with E-state index in [0.717, 1.165) is 36.8 Å². The van der Waals surface area contributed by atoms with Crippen molar-refractivity contribution < 1.29 is 51.0 Å². The van der Waals surface area contributed by atoms with Crippen molar-refractivity contribution in [2.75, 3.05) is 0 Å². The number of nitrogens with two attached hydrogens (primary N) is 1. The Morgan fingerprint density at radius 2 is 1.59 bits per heavy atom. The molecular weight excluding hydrogens is 452 g/mol. The Bertz CT molecular complexity index is 747. The molecule has 4 N–H and O–H groups in total. The summed E-state index contributed by atoms with van der Waals surface area (Å²) in [6, 6.07) is 1.93. The van der Waals surface area contributed by atoms with Crippen LogP contribution in [0.2, 0.25) is 0 Å². The zero-order valence-corrected chi connectivity index (χ0v) is 17.1. The van der Waals surface area contributed by atoms with Crippen molar-refractivity contribution in [1.29, 1.82) is 0 Å². The number of alkyl halides is 6. The smallest absolute Gasteiger partial charge is 0.475 e. The van der Waals surface area contributed by atoms with Gasteiger partial charge in [0, 0.05) is 23.5 Å². The van der Waals surface area contributed by atoms with E-state index in [1.807, 2.05) is 19.2 Å². The molecule has 1 fully saturated rings. The van der Waals surface area contributed by atoms with Gasteiger partial charge in [0.15, 0.2) is 0 Å². The fourth-order valence-electron chi connectivity index (χ4n) is 2.16. The Kier molecular flexibility index (Phi) is 11.1. The van der Waals surface area contributed by atoms with Crippen LogP contribution in [0.1, 0.15) is 43.7 Å². The fourth-order valence-corrected chi connectivity index (χ4v) is 2.16. The number of carboxylic acid groups (broad SMARTS) is 2. The number of carbonyl (C=O) groups is 2. The van der Waals surface area contributed by atoms with E-state index in [0.29, 0.717) is 0 Å². The van der Waals surface area contributed by atoms with E-state index in [2.05, 4.69) is 17.1 Å². The minimum absolute atomic E-state index is 0.0226. The monoisotopic (exact) mass is 475 g/mol. The molecule has 1 heterocycles. The van der Waals surface area contributed by atoms with Gasteiger partial charge in [0.05, 0.1) is 6.21 Å². The van der Waals surface area contributed by atoms with Gasteiger partial charge in [0.25, 0.3) is 0 Å². The second-order valence-corrected chi connectivity index (χ2v) is 7.03. The predicted octanol–water partition coefficient (Wildman–Crippen LogP) is 3.67. The van der Waals surface area contributed by atoms with Crippen LogP contribution in [0.25, 0.3) is 0 Å². The molecule has 182 valence electrons. The van der Waals surface area contributed by atoms with E-state index in [1.165, 1.54) is 0 Å². The van der Waals surface area contributed by atoms with Gasteiger partial charge in [-0.1, -0.05) is 5.16 Å². The molecular formula is C18H23F6N3O5. The molecule has 1 aromatic heterocycles. The van der Waals surface area contributed by atoms with Gasteiger partial charge >= 0.3 is 24.3 Å². The highest BCUT2D eigenvalue weighted by atomic mass is 19.4. The second-order valence-electron chi connectivity index (χ2n) is 7.03. The number of nitrogens with zero attached hydrogens (tertiary/aromatic N) is 2. The summed E-state index contributed by atoms with van der Waals surface area (Å²) in [7, 11) is 0. The molecule has 1 aromatic rings. The average Bonchev–Trinajstić information content (AvgIpc) is 2.64. The normalized spacial score (nSPS) is 21.0. The summed E-state index contributed by atoms with van der Waals surface area (Å²) in [5.41, 5.74) is 8.20. The number of aliphatic carboxylic acids is 2. The third-order valence-electron chi connectivity index (χ3n) is 4.03. The van der Waals surface area contributed by atoms with Crippen LogP contribution in [0.3, 0.4) is 0 Å². The molecule has 1 aliphatic rings. The molecule has 0 saturated heterocycles. The summed E-state index contributed by atoms with van der Waals surface area (Å²) in [5.74, 6) is -5.51. The van der Waals surface area contributed by atoms with Gasteiger partial charge in [-0.05, 0) is 51.2 Å². The lowest BCUT2D eigenvalue weighted by Crippen LogP contribution is -2.41. The molecule has 1 aliphatic carbocycles. The van der Waals surface area contributed by atoms with E-state index < -0.39 is 24.3 Å². The lowest BCUT2D eigenvalue weighted by atomic mass is 9.83. The van der Waals surface area contributed by atoms with E-state index in [-0.39, 0.29) is 11.6 Å². The quantitative estimate of drug-likeness (QED) is 0.345. The summed E-state index contributed by atoms with van der Waals surface area (Å²) in [6.07, 6.45) is -0.647. The first-order valence-electron chi connectivity index (χ1n) is 8.94. The third-order valence-corrected chi connectivity index (χ3v) is 4.03. The van der Waals surface area contributed by atoms with E-state index >= 15 is 0 Å². The van der Waals surface area contributed by atoms with Crippen LogP contribution in [-0.2, 0) is 14.4 Å². The number of hydrogen-bond acceptors (Lipinski definition) is 6. The van der Waals surface area contributed by atoms with Crippen LogP contribution in [-0.4, -0.2) is 57.3 Å². The number of hydrogen-bond donors (Lipinski definition) is 3. The van der Waals surface area contributed by atoms with Crippen molar-refractivity contribution in [3.8, 4) is 0 Å². The van der Waals surface area contributed by atoms with Gasteiger partial charge in [-0.2, -0.15) is 26.3 Å². The van der Waals surface area contributed by atoms with E-state index in [9.17, 15) is 26.3 Å². The minimum Gasteiger partial charge on any atom is -0.475 e. The molecule has 0 atom stereocenters. The summed E-state index contributed by atoms with van der Waals surface area (Å²) < 4.78 is 63.5. The maximum Gasteiger partial charge on any atom is 0.490 e. The van der Waals surface area contributed by atoms with Crippen molar-refractivity contribution in [2.45, 2.75) is 63.5 Å². The molecule has 1 saturated carbocycles. The first-order chi connectivity index (χ1) is 14.5. The number of aryl methyl sites for hydroxylation is 1. The molecule has 0 amide bonds. The highest BCUT2D eigenvalue weighted by molar-refractivity contribution is 5.80. The lowest BCUT2D eigenvalue weighted by Gasteiger charge is -2.32. The van der Waals surface area contributed by atoms with E-state index in [4.69, 9.17) is 30.4 Å². The van der Waals surface area contributed by atoms with E-state index in [1.54, 1.807) is 12.4 Å². The third kappa shape index (κ3) is 12.7. The summed E-state index contributed by atoms with van der Waals surface area (Å²) >= 11 is 0. The number of carboxylic acids is 2. The van der Waals surface area contributed by atoms with Crippen LogP contribution in [0.4, 0.5) is 26.3 Å². The van der Waals surface area contributed by atoms with Crippen molar-refractivity contribution in [1.82, 2.24) is 4.98 Å². The Morgan fingerprint density at radius 1 is 1.16 bits per heavy atom. The first kappa shape index (κ1) is 29.1. The molecule has 0 aliphatic heterocycles. The summed E-state index contributed by atoms with van der Waals surface area (Å²) in [5, 5.41) is 18.3. The molecule has 0 radical (unpaired) electrons. The molecule has 32 heavy (non-hydrogen) atoms. The summed E-state index contributed by atoms with van der Waals surface area (Å²) in [4.78, 5) is 27.4. The fraction of sp³-hybridized carbons (Fsp3) is 0.556. The molecule has 0 unspecified atom stereocenters. The summed E-state index contributed by atoms with van der Waals surface area (Å²) in [6.45, 7) is 4.11. The Balaban J connectivity index is 0.000000570. The van der Waals surface area contributed by atoms with Gasteiger partial charge in [0.2, 0.25) is 0 Å². The van der Waals surface area contributed by atoms with Crippen molar-refractivity contribution >= 4 is 18.2 Å². The lowest BCUT2D eigenvalue weighted by molar-refractivity contribution is -0.193. The zero-order chi connectivity index (χ0) is 25.2. The zero-order valence-electron chi connectivity index (χ0n) is 17.1. The molecule has 0 spiro atoms. The first-order valence-corrected chi connectivity index (χ1v) is 8.94. The van der Waals surface area contributed by atoms with Crippen molar-refractivity contribution in [3.63, 3.8) is 0 Å². The van der Waals surface area contributed by atoms with Crippen LogP contribution < -0.4 is 5.73 Å². The Morgan fingerprint density at radius 3 is 1.97 bits per heavy atom. The number of rotatable bonds is 3. The van der Waals surface area contributed by atoms with Gasteiger partial charge in [-0.25, -0.2) is 9.59 Å². The average molecular weight is 475 g/mol. The van der Waals surface area contributed by atoms with Crippen molar-refractivity contribution in [3.05, 3.63) is 29.6 Å².